The number of hydrogen-bond donors (Lipinski definition) is 1. The highest BCUT2D eigenvalue weighted by Gasteiger charge is 2.14. The first-order valence-corrected chi connectivity index (χ1v) is 8.73. The van der Waals surface area contributed by atoms with Crippen molar-refractivity contribution in [1.82, 2.24) is 10.3 Å². The van der Waals surface area contributed by atoms with E-state index in [0.29, 0.717) is 6.04 Å². The second-order valence-electron chi connectivity index (χ2n) is 5.27. The molecular weight excluding hydrogens is 371 g/mol. The molecule has 1 N–H and O–H groups in total. The Hall–Kier alpha value is -0.940. The summed E-state index contributed by atoms with van der Waals surface area (Å²) in [5.41, 5.74) is 4.11. The molecule has 0 radical (unpaired) electrons. The van der Waals surface area contributed by atoms with Crippen LogP contribution in [0.5, 0.6) is 0 Å². The molecule has 0 aliphatic heterocycles. The van der Waals surface area contributed by atoms with Gasteiger partial charge in [-0.3, -0.25) is 4.98 Å². The molecule has 1 atom stereocenters. The van der Waals surface area contributed by atoms with Crippen molar-refractivity contribution in [2.24, 2.45) is 0 Å². The smallest absolute Gasteiger partial charge is 0.0364 e. The maximum atomic E-state index is 4.27. The van der Waals surface area contributed by atoms with E-state index in [1.165, 1.54) is 20.3 Å². The van der Waals surface area contributed by atoms with E-state index in [1.807, 2.05) is 12.4 Å². The van der Waals surface area contributed by atoms with E-state index in [1.54, 1.807) is 0 Å². The minimum atomic E-state index is 0.364. The molecule has 0 aliphatic rings. The number of pyridine rings is 1. The number of nitrogens with zero attached hydrogens (tertiary/aromatic N) is 1. The Morgan fingerprint density at radius 3 is 2.57 bits per heavy atom. The van der Waals surface area contributed by atoms with E-state index in [4.69, 9.17) is 0 Å². The summed E-state index contributed by atoms with van der Waals surface area (Å²) in [5.74, 6) is 0. The zero-order valence-electron chi connectivity index (χ0n) is 12.8. The molecule has 0 saturated heterocycles. The fourth-order valence-electron chi connectivity index (χ4n) is 2.54. The summed E-state index contributed by atoms with van der Waals surface area (Å²) in [7, 11) is 0. The molecule has 2 nitrogen and oxygen atoms in total. The highest BCUT2D eigenvalue weighted by molar-refractivity contribution is 14.1. The summed E-state index contributed by atoms with van der Waals surface area (Å²) in [4.78, 5) is 4.27. The molecule has 112 valence electrons. The second-order valence-corrected chi connectivity index (χ2v) is 6.51. The van der Waals surface area contributed by atoms with E-state index >= 15 is 0 Å². The van der Waals surface area contributed by atoms with E-state index < -0.39 is 0 Å². The number of aromatic nitrogens is 1. The lowest BCUT2D eigenvalue weighted by Gasteiger charge is -2.21. The standard InChI is InChI=1S/C18H23IN2/c1-3-10-21-18(12-14-5-7-16(19)8-6-14)17-9-11-20-13-15(17)4-2/h5-9,11,13,18,21H,3-4,10,12H2,1-2H3. The van der Waals surface area contributed by atoms with Crippen LogP contribution in [0.1, 0.15) is 43.0 Å². The molecule has 1 heterocycles. The van der Waals surface area contributed by atoms with Crippen molar-refractivity contribution >= 4 is 22.6 Å². The third-order valence-corrected chi connectivity index (χ3v) is 4.41. The molecule has 1 aromatic carbocycles. The van der Waals surface area contributed by atoms with E-state index in [9.17, 15) is 0 Å². The quantitative estimate of drug-likeness (QED) is 0.698. The van der Waals surface area contributed by atoms with Crippen molar-refractivity contribution in [2.45, 2.75) is 39.2 Å². The average molecular weight is 394 g/mol. The van der Waals surface area contributed by atoms with Crippen molar-refractivity contribution in [1.29, 1.82) is 0 Å². The predicted molar refractivity (Wildman–Crippen MR) is 97.5 cm³/mol. The first kappa shape index (κ1) is 16.4. The molecule has 21 heavy (non-hydrogen) atoms. The highest BCUT2D eigenvalue weighted by Crippen LogP contribution is 2.22. The molecule has 0 fully saturated rings. The largest absolute Gasteiger partial charge is 0.310 e. The summed E-state index contributed by atoms with van der Waals surface area (Å²) in [5, 5.41) is 3.69. The van der Waals surface area contributed by atoms with Crippen LogP contribution < -0.4 is 5.32 Å². The van der Waals surface area contributed by atoms with Gasteiger partial charge in [0.1, 0.15) is 0 Å². The summed E-state index contributed by atoms with van der Waals surface area (Å²) < 4.78 is 1.28. The summed E-state index contributed by atoms with van der Waals surface area (Å²) in [6, 6.07) is 11.4. The molecule has 0 amide bonds. The number of nitrogens with one attached hydrogen (secondary N) is 1. The molecule has 3 heteroatoms. The molecule has 0 saturated carbocycles. The van der Waals surface area contributed by atoms with E-state index in [2.05, 4.69) is 77.1 Å². The maximum Gasteiger partial charge on any atom is 0.0364 e. The van der Waals surface area contributed by atoms with E-state index in [-0.39, 0.29) is 0 Å². The van der Waals surface area contributed by atoms with Crippen molar-refractivity contribution < 1.29 is 0 Å². The molecule has 0 bridgehead atoms. The fraction of sp³-hybridized carbons (Fsp3) is 0.389. The first-order chi connectivity index (χ1) is 10.2. The van der Waals surface area contributed by atoms with Gasteiger partial charge in [0.25, 0.3) is 0 Å². The Labute approximate surface area is 141 Å². The Morgan fingerprint density at radius 2 is 1.90 bits per heavy atom. The molecule has 2 rings (SSSR count). The zero-order chi connectivity index (χ0) is 15.1. The maximum absolute atomic E-state index is 4.27. The van der Waals surface area contributed by atoms with Crippen LogP contribution in [0, 0.1) is 3.57 Å². The van der Waals surface area contributed by atoms with Crippen molar-refractivity contribution in [3.63, 3.8) is 0 Å². The SMILES string of the molecule is CCCNC(Cc1ccc(I)cc1)c1ccncc1CC. The second kappa shape index (κ2) is 8.49. The van der Waals surface area contributed by atoms with Gasteiger partial charge in [0.05, 0.1) is 0 Å². The van der Waals surface area contributed by atoms with Crippen molar-refractivity contribution in [2.75, 3.05) is 6.54 Å². The molecule has 1 unspecified atom stereocenters. The minimum absolute atomic E-state index is 0.364. The lowest BCUT2D eigenvalue weighted by molar-refractivity contribution is 0.525. The highest BCUT2D eigenvalue weighted by atomic mass is 127. The fourth-order valence-corrected chi connectivity index (χ4v) is 2.90. The van der Waals surface area contributed by atoms with Gasteiger partial charge in [-0.25, -0.2) is 0 Å². The zero-order valence-corrected chi connectivity index (χ0v) is 14.9. The van der Waals surface area contributed by atoms with Crippen LogP contribution in [0.2, 0.25) is 0 Å². The minimum Gasteiger partial charge on any atom is -0.310 e. The van der Waals surface area contributed by atoms with Gasteiger partial charge < -0.3 is 5.32 Å². The van der Waals surface area contributed by atoms with Gasteiger partial charge in [-0.2, -0.15) is 0 Å². The van der Waals surface area contributed by atoms with Crippen LogP contribution >= 0.6 is 22.6 Å². The van der Waals surface area contributed by atoms with Gasteiger partial charge in [0.15, 0.2) is 0 Å². The van der Waals surface area contributed by atoms with E-state index in [0.717, 1.165) is 25.8 Å². The topological polar surface area (TPSA) is 24.9 Å². The van der Waals surface area contributed by atoms with Gasteiger partial charge in [-0.1, -0.05) is 26.0 Å². The Kier molecular flexibility index (Phi) is 6.64. The summed E-state index contributed by atoms with van der Waals surface area (Å²) >= 11 is 2.35. The van der Waals surface area contributed by atoms with Gasteiger partial charge in [-0.05, 0) is 83.3 Å². The van der Waals surface area contributed by atoms with Gasteiger partial charge >= 0.3 is 0 Å². The molecule has 1 aromatic heterocycles. The van der Waals surface area contributed by atoms with Gasteiger partial charge in [-0.15, -0.1) is 0 Å². The molecular formula is C18H23IN2. The van der Waals surface area contributed by atoms with Gasteiger partial charge in [0.2, 0.25) is 0 Å². The lowest BCUT2D eigenvalue weighted by atomic mass is 9.95. The number of halogens is 1. The molecule has 0 spiro atoms. The van der Waals surface area contributed by atoms with Crippen LogP contribution in [0.15, 0.2) is 42.7 Å². The summed E-state index contributed by atoms with van der Waals surface area (Å²) in [6.45, 7) is 5.45. The Balaban J connectivity index is 2.23. The normalized spacial score (nSPS) is 12.3. The lowest BCUT2D eigenvalue weighted by Crippen LogP contribution is -2.25. The van der Waals surface area contributed by atoms with Gasteiger partial charge in [0, 0.05) is 22.0 Å². The molecule has 0 aliphatic carbocycles. The third-order valence-electron chi connectivity index (χ3n) is 3.69. The Bertz CT molecular complexity index is 551. The summed E-state index contributed by atoms with van der Waals surface area (Å²) in [6.07, 6.45) is 7.11. The molecule has 2 aromatic rings. The van der Waals surface area contributed by atoms with Crippen molar-refractivity contribution in [3.8, 4) is 0 Å². The van der Waals surface area contributed by atoms with Crippen LogP contribution in [-0.2, 0) is 12.8 Å². The first-order valence-electron chi connectivity index (χ1n) is 7.65. The number of benzene rings is 1. The average Bonchev–Trinajstić information content (AvgIpc) is 2.53. The number of rotatable bonds is 7. The predicted octanol–water partition coefficient (Wildman–Crippen LogP) is 4.53. The Morgan fingerprint density at radius 1 is 1.14 bits per heavy atom. The van der Waals surface area contributed by atoms with Crippen LogP contribution in [-0.4, -0.2) is 11.5 Å². The number of hydrogen-bond acceptors (Lipinski definition) is 2. The van der Waals surface area contributed by atoms with Crippen LogP contribution in [0.25, 0.3) is 0 Å². The van der Waals surface area contributed by atoms with Crippen LogP contribution in [0.4, 0.5) is 0 Å². The van der Waals surface area contributed by atoms with Crippen LogP contribution in [0.3, 0.4) is 0 Å². The number of aryl methyl sites for hydroxylation is 1. The third kappa shape index (κ3) is 4.78. The monoisotopic (exact) mass is 394 g/mol. The van der Waals surface area contributed by atoms with Crippen molar-refractivity contribution in [3.05, 3.63) is 63.0 Å².